The molecule has 2 aromatic carbocycles. The number of hydrogen-bond donors (Lipinski definition) is 2. The highest BCUT2D eigenvalue weighted by Crippen LogP contribution is 2.26. The van der Waals surface area contributed by atoms with Crippen molar-refractivity contribution >= 4 is 28.5 Å². The zero-order valence-electron chi connectivity index (χ0n) is 17.9. The molecule has 1 saturated heterocycles. The highest BCUT2D eigenvalue weighted by molar-refractivity contribution is 5.93. The number of nitrogens with zero attached hydrogens (tertiary/aromatic N) is 3. The Labute approximate surface area is 189 Å². The van der Waals surface area contributed by atoms with Crippen molar-refractivity contribution in [3.8, 4) is 0 Å². The summed E-state index contributed by atoms with van der Waals surface area (Å²) in [4.78, 5) is 39.9. The van der Waals surface area contributed by atoms with Crippen molar-refractivity contribution in [3.05, 3.63) is 75.8 Å². The normalized spacial score (nSPS) is 14.0. The summed E-state index contributed by atoms with van der Waals surface area (Å²) >= 11 is 0. The molecule has 172 valence electrons. The van der Waals surface area contributed by atoms with E-state index >= 15 is 0 Å². The predicted octanol–water partition coefficient (Wildman–Crippen LogP) is 2.07. The van der Waals surface area contributed by atoms with Gasteiger partial charge in [-0.3, -0.25) is 9.59 Å². The lowest BCUT2D eigenvalue weighted by Crippen LogP contribution is -2.49. The van der Waals surface area contributed by atoms with E-state index in [4.69, 9.17) is 0 Å². The second-order valence-electron chi connectivity index (χ2n) is 7.96. The first-order valence-corrected chi connectivity index (χ1v) is 10.7. The zero-order chi connectivity index (χ0) is 23.5. The van der Waals surface area contributed by atoms with E-state index in [0.29, 0.717) is 39.0 Å². The zero-order valence-corrected chi connectivity index (χ0v) is 17.9. The van der Waals surface area contributed by atoms with Gasteiger partial charge >= 0.3 is 5.97 Å². The number of hydrogen-bond acceptors (Lipinski definition) is 5. The number of aryl methyl sites for hydroxylation is 1. The minimum Gasteiger partial charge on any atom is -0.477 e. The maximum Gasteiger partial charge on any atom is 0.341 e. The van der Waals surface area contributed by atoms with Gasteiger partial charge in [-0.1, -0.05) is 30.3 Å². The van der Waals surface area contributed by atoms with Crippen LogP contribution in [0, 0.1) is 5.82 Å². The van der Waals surface area contributed by atoms with Gasteiger partial charge in [-0.05, 0) is 24.1 Å². The number of fused-ring (bicyclic) bond motifs is 1. The number of aromatic nitrogens is 1. The molecule has 9 heteroatoms. The number of rotatable bonds is 6. The maximum absolute atomic E-state index is 14.9. The van der Waals surface area contributed by atoms with Gasteiger partial charge in [0.15, 0.2) is 0 Å². The number of halogens is 1. The number of carboxylic acid groups (broad SMARTS) is 1. The predicted molar refractivity (Wildman–Crippen MR) is 121 cm³/mol. The molecule has 0 unspecified atom stereocenters. The maximum atomic E-state index is 14.9. The summed E-state index contributed by atoms with van der Waals surface area (Å²) in [7, 11) is 0. The van der Waals surface area contributed by atoms with Crippen LogP contribution in [0.4, 0.5) is 10.1 Å². The summed E-state index contributed by atoms with van der Waals surface area (Å²) in [5.41, 5.74) is 0.241. The van der Waals surface area contributed by atoms with Crippen molar-refractivity contribution in [2.75, 3.05) is 31.1 Å². The number of aliphatic hydroxyl groups is 1. The fourth-order valence-electron chi connectivity index (χ4n) is 4.16. The molecular weight excluding hydrogens is 429 g/mol. The van der Waals surface area contributed by atoms with Crippen molar-refractivity contribution in [1.29, 1.82) is 0 Å². The van der Waals surface area contributed by atoms with Gasteiger partial charge in [0.1, 0.15) is 18.1 Å². The number of aromatic carboxylic acids is 1. The number of benzene rings is 2. The Balaban J connectivity index is 1.50. The van der Waals surface area contributed by atoms with Crippen LogP contribution in [0.15, 0.2) is 53.5 Å². The van der Waals surface area contributed by atoms with Crippen molar-refractivity contribution in [2.45, 2.75) is 19.6 Å². The monoisotopic (exact) mass is 453 g/mol. The first-order chi connectivity index (χ1) is 15.9. The minimum absolute atomic E-state index is 0.0489. The Morgan fingerprint density at radius 2 is 1.73 bits per heavy atom. The molecule has 4 rings (SSSR count). The molecule has 2 heterocycles. The number of aliphatic hydroxyl groups excluding tert-OH is 1. The number of amides is 1. The molecule has 0 atom stereocenters. The summed E-state index contributed by atoms with van der Waals surface area (Å²) in [6, 6.07) is 12.2. The summed E-state index contributed by atoms with van der Waals surface area (Å²) in [5, 5.41) is 18.8. The van der Waals surface area contributed by atoms with Crippen LogP contribution < -0.4 is 10.3 Å². The number of carboxylic acids is 1. The van der Waals surface area contributed by atoms with Crippen LogP contribution in [-0.4, -0.2) is 57.7 Å². The third kappa shape index (κ3) is 4.58. The molecule has 0 aliphatic carbocycles. The molecule has 0 bridgehead atoms. The smallest absolute Gasteiger partial charge is 0.341 e. The Kier molecular flexibility index (Phi) is 6.41. The van der Waals surface area contributed by atoms with Crippen LogP contribution in [0.1, 0.15) is 22.3 Å². The molecule has 1 aromatic heterocycles. The van der Waals surface area contributed by atoms with E-state index in [2.05, 4.69) is 0 Å². The lowest BCUT2D eigenvalue weighted by Gasteiger charge is -2.36. The van der Waals surface area contributed by atoms with Crippen molar-refractivity contribution in [2.24, 2.45) is 0 Å². The van der Waals surface area contributed by atoms with Crippen LogP contribution in [0.25, 0.3) is 10.9 Å². The lowest BCUT2D eigenvalue weighted by atomic mass is 10.1. The lowest BCUT2D eigenvalue weighted by molar-refractivity contribution is -0.131. The van der Waals surface area contributed by atoms with Gasteiger partial charge in [0.05, 0.1) is 11.2 Å². The largest absolute Gasteiger partial charge is 0.477 e. The van der Waals surface area contributed by atoms with Crippen molar-refractivity contribution in [1.82, 2.24) is 9.47 Å². The number of pyridine rings is 1. The first kappa shape index (κ1) is 22.5. The van der Waals surface area contributed by atoms with Crippen molar-refractivity contribution in [3.63, 3.8) is 0 Å². The van der Waals surface area contributed by atoms with E-state index in [1.807, 2.05) is 30.3 Å². The van der Waals surface area contributed by atoms with E-state index < -0.39 is 29.5 Å². The van der Waals surface area contributed by atoms with Crippen LogP contribution in [0.5, 0.6) is 0 Å². The summed E-state index contributed by atoms with van der Waals surface area (Å²) in [6.45, 7) is 1.14. The molecule has 8 nitrogen and oxygen atoms in total. The molecule has 0 saturated carbocycles. The van der Waals surface area contributed by atoms with Gasteiger partial charge in [-0.2, -0.15) is 0 Å². The molecule has 1 aliphatic heterocycles. The SMILES string of the molecule is O=C(O)c1cn(CO)c2cc(N3CCN(C(=O)CCc4ccccc4)CC3)c(F)cc2c1=O. The Morgan fingerprint density at radius 1 is 1.03 bits per heavy atom. The summed E-state index contributed by atoms with van der Waals surface area (Å²) < 4.78 is 16.1. The number of carbonyl (C=O) groups is 2. The fraction of sp³-hybridized carbons (Fsp3) is 0.292. The molecule has 3 aromatic rings. The number of piperazine rings is 1. The minimum atomic E-state index is -1.44. The molecule has 33 heavy (non-hydrogen) atoms. The van der Waals surface area contributed by atoms with Gasteiger partial charge in [0.2, 0.25) is 11.3 Å². The second kappa shape index (κ2) is 9.41. The van der Waals surface area contributed by atoms with Gasteiger partial charge in [-0.25, -0.2) is 9.18 Å². The average Bonchev–Trinajstić information content (AvgIpc) is 2.83. The van der Waals surface area contributed by atoms with Gasteiger partial charge in [0, 0.05) is 44.2 Å². The van der Waals surface area contributed by atoms with Crippen LogP contribution in [0.3, 0.4) is 0 Å². The summed E-state index contributed by atoms with van der Waals surface area (Å²) in [5.74, 6) is -2.05. The molecule has 1 amide bonds. The Bertz CT molecular complexity index is 1250. The third-order valence-corrected chi connectivity index (χ3v) is 5.97. The van der Waals surface area contributed by atoms with Gasteiger partial charge in [-0.15, -0.1) is 0 Å². The first-order valence-electron chi connectivity index (χ1n) is 10.7. The second-order valence-corrected chi connectivity index (χ2v) is 7.96. The van der Waals surface area contributed by atoms with E-state index in [1.54, 1.807) is 9.80 Å². The van der Waals surface area contributed by atoms with Crippen LogP contribution in [0.2, 0.25) is 0 Å². The van der Waals surface area contributed by atoms with E-state index in [0.717, 1.165) is 17.8 Å². The average molecular weight is 453 g/mol. The standard InChI is InChI=1S/C24H24FN3O5/c25-19-12-17-20(28(15-29)14-18(23(17)31)24(32)33)13-21(19)26-8-10-27(11-9-26)22(30)7-6-16-4-2-1-3-5-16/h1-5,12-14,29H,6-11,15H2,(H,32,33). The summed E-state index contributed by atoms with van der Waals surface area (Å²) in [6.07, 6.45) is 2.12. The third-order valence-electron chi connectivity index (χ3n) is 5.97. The highest BCUT2D eigenvalue weighted by atomic mass is 19.1. The Hall–Kier alpha value is -3.72. The molecule has 2 N–H and O–H groups in total. The quantitative estimate of drug-likeness (QED) is 0.592. The molecule has 1 aliphatic rings. The number of anilines is 1. The topological polar surface area (TPSA) is 103 Å². The van der Waals surface area contributed by atoms with Crippen LogP contribution >= 0.6 is 0 Å². The van der Waals surface area contributed by atoms with Gasteiger partial charge < -0.3 is 24.6 Å². The van der Waals surface area contributed by atoms with E-state index in [-0.39, 0.29) is 22.5 Å². The molecule has 0 spiro atoms. The molecule has 1 fully saturated rings. The fourth-order valence-corrected chi connectivity index (χ4v) is 4.16. The number of carbonyl (C=O) groups excluding carboxylic acids is 1. The van der Waals surface area contributed by atoms with Crippen molar-refractivity contribution < 1.29 is 24.2 Å². The highest BCUT2D eigenvalue weighted by Gasteiger charge is 2.24. The molecule has 0 radical (unpaired) electrons. The van der Waals surface area contributed by atoms with Crippen LogP contribution in [-0.2, 0) is 17.9 Å². The van der Waals surface area contributed by atoms with E-state index in [9.17, 15) is 29.0 Å². The Morgan fingerprint density at radius 3 is 2.36 bits per heavy atom. The molecular formula is C24H24FN3O5. The van der Waals surface area contributed by atoms with E-state index in [1.165, 1.54) is 10.6 Å². The van der Waals surface area contributed by atoms with Gasteiger partial charge in [0.25, 0.3) is 0 Å².